The predicted octanol–water partition coefficient (Wildman–Crippen LogP) is 16.2. The van der Waals surface area contributed by atoms with Crippen molar-refractivity contribution in [3.05, 3.63) is 200 Å². The third kappa shape index (κ3) is 4.43. The Labute approximate surface area is 333 Å². The van der Waals surface area contributed by atoms with Gasteiger partial charge >= 0.3 is 0 Å². The lowest BCUT2D eigenvalue weighted by molar-refractivity contribution is 0.670. The van der Waals surface area contributed by atoms with Crippen molar-refractivity contribution in [3.63, 3.8) is 0 Å². The Bertz CT molecular complexity index is 3810. The van der Waals surface area contributed by atoms with E-state index in [-0.39, 0.29) is 0 Å². The van der Waals surface area contributed by atoms with Crippen LogP contribution in [0.5, 0.6) is 0 Å². The summed E-state index contributed by atoms with van der Waals surface area (Å²) in [5.41, 5.74) is 7.30. The fraction of sp³-hybridized carbons (Fsp3) is 0. The van der Waals surface area contributed by atoms with Gasteiger partial charge in [0.15, 0.2) is 0 Å². The van der Waals surface area contributed by atoms with E-state index in [1.165, 1.54) is 75.4 Å². The van der Waals surface area contributed by atoms with Crippen molar-refractivity contribution < 1.29 is 4.42 Å². The van der Waals surface area contributed by atoms with E-state index in [2.05, 4.69) is 199 Å². The molecule has 0 radical (unpaired) electrons. The van der Waals surface area contributed by atoms with Crippen molar-refractivity contribution >= 4 is 114 Å². The van der Waals surface area contributed by atoms with Gasteiger partial charge < -0.3 is 9.32 Å². The minimum absolute atomic E-state index is 0.902. The molecule has 1 aromatic heterocycles. The highest BCUT2D eigenvalue weighted by Gasteiger charge is 2.21. The van der Waals surface area contributed by atoms with Gasteiger partial charge in [-0.15, -0.1) is 0 Å². The number of anilines is 3. The molecule has 2 heteroatoms. The number of para-hydroxylation sites is 2. The minimum Gasteiger partial charge on any atom is -0.455 e. The van der Waals surface area contributed by atoms with Gasteiger partial charge in [-0.2, -0.15) is 0 Å². The molecule has 0 saturated heterocycles. The topological polar surface area (TPSA) is 16.4 Å². The second-order valence-electron chi connectivity index (χ2n) is 15.6. The fourth-order valence-corrected chi connectivity index (χ4v) is 10.0. The Hall–Kier alpha value is -7.68. The van der Waals surface area contributed by atoms with E-state index in [1.807, 2.05) is 6.07 Å². The predicted molar refractivity (Wildman–Crippen MR) is 248 cm³/mol. The molecule has 0 atom stereocenters. The van der Waals surface area contributed by atoms with Gasteiger partial charge in [0, 0.05) is 33.1 Å². The lowest BCUT2D eigenvalue weighted by Crippen LogP contribution is -2.11. The molecule has 0 aliphatic carbocycles. The van der Waals surface area contributed by atoms with Crippen molar-refractivity contribution in [2.75, 3.05) is 4.90 Å². The maximum Gasteiger partial charge on any atom is 0.143 e. The molecular formula is C56H33NO. The summed E-state index contributed by atoms with van der Waals surface area (Å²) in [7, 11) is 0. The molecule has 0 amide bonds. The van der Waals surface area contributed by atoms with Gasteiger partial charge in [0.1, 0.15) is 11.2 Å². The van der Waals surface area contributed by atoms with Crippen LogP contribution in [-0.4, -0.2) is 0 Å². The van der Waals surface area contributed by atoms with Crippen LogP contribution in [0.15, 0.2) is 205 Å². The van der Waals surface area contributed by atoms with Crippen LogP contribution in [0.3, 0.4) is 0 Å². The monoisotopic (exact) mass is 735 g/mol. The summed E-state index contributed by atoms with van der Waals surface area (Å²) in [5, 5.41) is 19.9. The lowest BCUT2D eigenvalue weighted by Gasteiger charge is -2.28. The number of hydrogen-bond donors (Lipinski definition) is 0. The Morgan fingerprint density at radius 2 is 0.845 bits per heavy atom. The Morgan fingerprint density at radius 3 is 1.60 bits per heavy atom. The highest BCUT2D eigenvalue weighted by molar-refractivity contribution is 6.37. The van der Waals surface area contributed by atoms with E-state index >= 15 is 0 Å². The average Bonchev–Trinajstić information content (AvgIpc) is 3.67. The minimum atomic E-state index is 0.902. The third-order valence-electron chi connectivity index (χ3n) is 12.5. The number of furan rings is 1. The average molecular weight is 736 g/mol. The molecule has 12 aromatic carbocycles. The number of rotatable bonds is 4. The molecule has 0 spiro atoms. The first-order valence-corrected chi connectivity index (χ1v) is 20.0. The van der Waals surface area contributed by atoms with Crippen LogP contribution in [0.4, 0.5) is 17.1 Å². The zero-order chi connectivity index (χ0) is 37.9. The summed E-state index contributed by atoms with van der Waals surface area (Å²) in [6, 6.07) is 73.6. The molecular weight excluding hydrogens is 703 g/mol. The molecule has 1 heterocycles. The van der Waals surface area contributed by atoms with Crippen molar-refractivity contribution in [2.45, 2.75) is 0 Å². The lowest BCUT2D eigenvalue weighted by atomic mass is 9.87. The van der Waals surface area contributed by atoms with Gasteiger partial charge in [-0.3, -0.25) is 0 Å². The SMILES string of the molecule is c1cc(-c2cccc3c2oc2ccccc23)cc(N(c2cc3ccc4cccc5c6cccc7ccc8cccc(c(c2)c3c45)c8c76)c2cccc3ccccc23)c1. The van der Waals surface area contributed by atoms with Crippen molar-refractivity contribution in [1.29, 1.82) is 0 Å². The largest absolute Gasteiger partial charge is 0.455 e. The molecule has 2 nitrogen and oxygen atoms in total. The fourth-order valence-electron chi connectivity index (χ4n) is 10.0. The smallest absolute Gasteiger partial charge is 0.143 e. The number of fused-ring (bicyclic) bond motifs is 6. The summed E-state index contributed by atoms with van der Waals surface area (Å²) < 4.78 is 6.57. The van der Waals surface area contributed by atoms with Crippen LogP contribution >= 0.6 is 0 Å². The van der Waals surface area contributed by atoms with Gasteiger partial charge in [0.25, 0.3) is 0 Å². The Balaban J connectivity index is 1.16. The first-order valence-electron chi connectivity index (χ1n) is 20.0. The van der Waals surface area contributed by atoms with Gasteiger partial charge in [0.05, 0.1) is 5.69 Å². The van der Waals surface area contributed by atoms with Gasteiger partial charge in [-0.25, -0.2) is 0 Å². The van der Waals surface area contributed by atoms with E-state index in [9.17, 15) is 0 Å². The zero-order valence-corrected chi connectivity index (χ0v) is 31.4. The highest BCUT2D eigenvalue weighted by atomic mass is 16.3. The Morgan fingerprint density at radius 1 is 0.310 bits per heavy atom. The molecule has 0 fully saturated rings. The molecule has 58 heavy (non-hydrogen) atoms. The molecule has 0 aliphatic heterocycles. The van der Waals surface area contributed by atoms with E-state index in [0.717, 1.165) is 50.1 Å². The first kappa shape index (κ1) is 31.5. The summed E-state index contributed by atoms with van der Waals surface area (Å²) in [6.45, 7) is 0. The van der Waals surface area contributed by atoms with E-state index in [1.54, 1.807) is 0 Å². The number of hydrogen-bond acceptors (Lipinski definition) is 2. The second kappa shape index (κ2) is 11.9. The van der Waals surface area contributed by atoms with Gasteiger partial charge in [-0.05, 0) is 112 Å². The molecule has 0 unspecified atom stereocenters. The van der Waals surface area contributed by atoms with Crippen LogP contribution in [0.1, 0.15) is 0 Å². The standard InChI is InChI=1S/C56H33NO/c1-2-18-42-34(11-1)12-9-25-50(42)57(40-17-5-16-38(31-40)43-20-10-24-48-44-19-3-4-26-51(44)58-56(43)48)41-32-39-30-29-37-14-7-22-46-45-21-6-13-35-27-28-36-15-8-23-47(54(36)52(35)45)49(33-41)55(39)53(37)46/h1-33H. The summed E-state index contributed by atoms with van der Waals surface area (Å²) in [4.78, 5) is 2.46. The molecule has 268 valence electrons. The first-order chi connectivity index (χ1) is 28.8. The Kier molecular flexibility index (Phi) is 6.47. The van der Waals surface area contributed by atoms with Gasteiger partial charge in [-0.1, -0.05) is 164 Å². The van der Waals surface area contributed by atoms with Gasteiger partial charge in [0.2, 0.25) is 0 Å². The molecule has 13 aromatic rings. The quantitative estimate of drug-likeness (QED) is 0.167. The maximum absolute atomic E-state index is 6.57. The molecule has 0 saturated carbocycles. The third-order valence-corrected chi connectivity index (χ3v) is 12.5. The van der Waals surface area contributed by atoms with Crippen molar-refractivity contribution in [2.24, 2.45) is 0 Å². The highest BCUT2D eigenvalue weighted by Crippen LogP contribution is 2.48. The maximum atomic E-state index is 6.57. The van der Waals surface area contributed by atoms with Crippen molar-refractivity contribution in [3.8, 4) is 11.1 Å². The number of nitrogens with zero attached hydrogens (tertiary/aromatic N) is 1. The van der Waals surface area contributed by atoms with E-state index < -0.39 is 0 Å². The van der Waals surface area contributed by atoms with Crippen LogP contribution < -0.4 is 4.90 Å². The summed E-state index contributed by atoms with van der Waals surface area (Å²) in [6.07, 6.45) is 0. The normalized spacial score (nSPS) is 12.1. The van der Waals surface area contributed by atoms with Crippen LogP contribution in [0.2, 0.25) is 0 Å². The summed E-state index contributed by atoms with van der Waals surface area (Å²) in [5.74, 6) is 0. The van der Waals surface area contributed by atoms with Crippen LogP contribution in [-0.2, 0) is 0 Å². The molecule has 0 N–H and O–H groups in total. The second-order valence-corrected chi connectivity index (χ2v) is 15.6. The molecule has 13 rings (SSSR count). The molecule has 0 bridgehead atoms. The molecule has 0 aliphatic rings. The van der Waals surface area contributed by atoms with E-state index in [4.69, 9.17) is 4.42 Å². The number of benzene rings is 11. The van der Waals surface area contributed by atoms with Crippen LogP contribution in [0.25, 0.3) is 108 Å². The zero-order valence-electron chi connectivity index (χ0n) is 31.4. The van der Waals surface area contributed by atoms with Crippen molar-refractivity contribution in [1.82, 2.24) is 0 Å². The summed E-state index contributed by atoms with van der Waals surface area (Å²) >= 11 is 0. The van der Waals surface area contributed by atoms with Crippen LogP contribution in [0, 0.1) is 0 Å². The van der Waals surface area contributed by atoms with E-state index in [0.29, 0.717) is 0 Å².